The van der Waals surface area contributed by atoms with E-state index in [9.17, 15) is 8.78 Å². The lowest BCUT2D eigenvalue weighted by Crippen LogP contribution is -1.99. The summed E-state index contributed by atoms with van der Waals surface area (Å²) in [5, 5.41) is 0.471. The molecule has 1 heterocycles. The van der Waals surface area contributed by atoms with Crippen molar-refractivity contribution in [1.82, 2.24) is 9.55 Å². The van der Waals surface area contributed by atoms with E-state index in [1.165, 1.54) is 16.7 Å². The van der Waals surface area contributed by atoms with E-state index >= 15 is 0 Å². The van der Waals surface area contributed by atoms with Crippen LogP contribution in [-0.2, 0) is 0 Å². The molecule has 0 amide bonds. The molecule has 0 saturated carbocycles. The fraction of sp³-hybridized carbons (Fsp3) is 0. The lowest BCUT2D eigenvalue weighted by atomic mass is 10.2. The number of nitrogens with zero attached hydrogens (tertiary/aromatic N) is 1. The molecule has 0 spiro atoms. The third-order valence-corrected chi connectivity index (χ3v) is 3.44. The molecule has 6 heteroatoms. The molecule has 0 aliphatic rings. The second kappa shape index (κ2) is 4.43. The highest BCUT2D eigenvalue weighted by Crippen LogP contribution is 2.27. The van der Waals surface area contributed by atoms with Crippen molar-refractivity contribution < 1.29 is 8.78 Å². The summed E-state index contributed by atoms with van der Waals surface area (Å²) in [5.41, 5.74) is 1.25. The number of aromatic amines is 1. The topological polar surface area (TPSA) is 20.7 Å². The summed E-state index contributed by atoms with van der Waals surface area (Å²) in [6.45, 7) is 0. The van der Waals surface area contributed by atoms with Crippen LogP contribution in [0.25, 0.3) is 16.7 Å². The molecule has 0 saturated heterocycles. The molecule has 0 aliphatic heterocycles. The number of aromatic nitrogens is 2. The Bertz CT molecular complexity index is 838. The first-order chi connectivity index (χ1) is 9.09. The third kappa shape index (κ3) is 1.86. The van der Waals surface area contributed by atoms with Crippen LogP contribution >= 0.6 is 23.8 Å². The lowest BCUT2D eigenvalue weighted by molar-refractivity contribution is 0.504. The Labute approximate surface area is 117 Å². The fourth-order valence-electron chi connectivity index (χ4n) is 2.00. The Morgan fingerprint density at radius 3 is 2.63 bits per heavy atom. The van der Waals surface area contributed by atoms with Crippen LogP contribution in [-0.4, -0.2) is 9.55 Å². The van der Waals surface area contributed by atoms with Crippen molar-refractivity contribution in [3.05, 3.63) is 57.8 Å². The number of hydrogen-bond donors (Lipinski definition) is 1. The largest absolute Gasteiger partial charge is 0.329 e. The number of benzene rings is 2. The number of nitrogens with one attached hydrogen (secondary N) is 1. The molecule has 96 valence electrons. The van der Waals surface area contributed by atoms with E-state index in [1.807, 2.05) is 0 Å². The number of para-hydroxylation sites is 1. The number of H-pyrrole nitrogens is 1. The van der Waals surface area contributed by atoms with Gasteiger partial charge in [-0.25, -0.2) is 8.78 Å². The Hall–Kier alpha value is -1.72. The molecule has 3 aromatic rings. The third-order valence-electron chi connectivity index (χ3n) is 2.84. The molecule has 0 fully saturated rings. The van der Waals surface area contributed by atoms with Crippen LogP contribution in [0.5, 0.6) is 0 Å². The van der Waals surface area contributed by atoms with Crippen LogP contribution < -0.4 is 0 Å². The van der Waals surface area contributed by atoms with Gasteiger partial charge in [0.05, 0.1) is 21.7 Å². The molecular formula is C13H7ClF2N2S. The first-order valence-corrected chi connectivity index (χ1v) is 6.22. The summed E-state index contributed by atoms with van der Waals surface area (Å²) in [6, 6.07) is 9.10. The van der Waals surface area contributed by atoms with Gasteiger partial charge in [-0.05, 0) is 36.5 Å². The Morgan fingerprint density at radius 2 is 1.84 bits per heavy atom. The van der Waals surface area contributed by atoms with E-state index in [1.54, 1.807) is 18.2 Å². The molecule has 19 heavy (non-hydrogen) atoms. The monoisotopic (exact) mass is 296 g/mol. The van der Waals surface area contributed by atoms with Gasteiger partial charge >= 0.3 is 0 Å². The van der Waals surface area contributed by atoms with E-state index in [0.29, 0.717) is 16.1 Å². The average Bonchev–Trinajstić information content (AvgIpc) is 2.71. The van der Waals surface area contributed by atoms with Gasteiger partial charge in [0.15, 0.2) is 16.4 Å². The highest BCUT2D eigenvalue weighted by atomic mass is 35.5. The van der Waals surface area contributed by atoms with Crippen molar-refractivity contribution in [3.8, 4) is 5.69 Å². The van der Waals surface area contributed by atoms with Crippen LogP contribution in [0, 0.1) is 16.4 Å². The zero-order valence-electron chi connectivity index (χ0n) is 9.45. The quantitative estimate of drug-likeness (QED) is 0.650. The Balaban J connectivity index is 2.44. The molecule has 0 bridgehead atoms. The SMILES string of the molecule is Fc1cccc(-n2c(=S)[nH]c3c(Cl)cccc32)c1F. The Kier molecular flexibility index (Phi) is 2.88. The van der Waals surface area contributed by atoms with Gasteiger partial charge in [-0.1, -0.05) is 23.7 Å². The van der Waals surface area contributed by atoms with E-state index in [2.05, 4.69) is 4.98 Å². The molecule has 0 aliphatic carbocycles. The molecule has 3 rings (SSSR count). The van der Waals surface area contributed by atoms with Gasteiger partial charge < -0.3 is 4.98 Å². The highest BCUT2D eigenvalue weighted by Gasteiger charge is 2.14. The summed E-state index contributed by atoms with van der Waals surface area (Å²) in [6.07, 6.45) is 0. The summed E-state index contributed by atoms with van der Waals surface area (Å²) in [4.78, 5) is 2.90. The lowest BCUT2D eigenvalue weighted by Gasteiger charge is -2.06. The zero-order valence-corrected chi connectivity index (χ0v) is 11.0. The van der Waals surface area contributed by atoms with Crippen molar-refractivity contribution in [2.24, 2.45) is 0 Å². The minimum absolute atomic E-state index is 0.0542. The van der Waals surface area contributed by atoms with Crippen molar-refractivity contribution in [2.45, 2.75) is 0 Å². The van der Waals surface area contributed by atoms with E-state index < -0.39 is 11.6 Å². The number of rotatable bonds is 1. The molecular weight excluding hydrogens is 290 g/mol. The van der Waals surface area contributed by atoms with Gasteiger partial charge in [-0.3, -0.25) is 4.57 Å². The maximum Gasteiger partial charge on any atom is 0.182 e. The first kappa shape index (κ1) is 12.3. The maximum atomic E-state index is 13.9. The smallest absolute Gasteiger partial charge is 0.182 e. The van der Waals surface area contributed by atoms with E-state index in [0.717, 1.165) is 6.07 Å². The van der Waals surface area contributed by atoms with Crippen molar-refractivity contribution in [3.63, 3.8) is 0 Å². The Morgan fingerprint density at radius 1 is 1.11 bits per heavy atom. The van der Waals surface area contributed by atoms with E-state index in [-0.39, 0.29) is 10.5 Å². The zero-order chi connectivity index (χ0) is 13.6. The van der Waals surface area contributed by atoms with Gasteiger partial charge in [0.25, 0.3) is 0 Å². The van der Waals surface area contributed by atoms with Gasteiger partial charge in [-0.15, -0.1) is 0 Å². The molecule has 0 atom stereocenters. The van der Waals surface area contributed by atoms with Crippen LogP contribution in [0.3, 0.4) is 0 Å². The van der Waals surface area contributed by atoms with Crippen LogP contribution in [0.4, 0.5) is 8.78 Å². The highest BCUT2D eigenvalue weighted by molar-refractivity contribution is 7.71. The predicted molar refractivity (Wildman–Crippen MR) is 73.4 cm³/mol. The average molecular weight is 297 g/mol. The fourth-order valence-corrected chi connectivity index (χ4v) is 2.51. The van der Waals surface area contributed by atoms with Gasteiger partial charge in [-0.2, -0.15) is 0 Å². The standard InChI is InChI=1S/C13H7ClF2N2S/c14-7-3-1-6-10-12(7)17-13(19)18(10)9-5-2-4-8(15)11(9)16/h1-6H,(H,17,19). The van der Waals surface area contributed by atoms with Gasteiger partial charge in [0.2, 0.25) is 0 Å². The summed E-state index contributed by atoms with van der Waals surface area (Å²) < 4.78 is 28.9. The molecule has 1 N–H and O–H groups in total. The number of fused-ring (bicyclic) bond motifs is 1. The second-order valence-corrected chi connectivity index (χ2v) is 4.77. The number of hydrogen-bond acceptors (Lipinski definition) is 1. The predicted octanol–water partition coefficient (Wildman–Crippen LogP) is 4.62. The summed E-state index contributed by atoms with van der Waals surface area (Å²) >= 11 is 11.2. The minimum atomic E-state index is -0.945. The molecule has 0 unspecified atom stereocenters. The number of halogens is 3. The molecule has 0 radical (unpaired) electrons. The summed E-state index contributed by atoms with van der Waals surface area (Å²) in [7, 11) is 0. The molecule has 2 aromatic carbocycles. The van der Waals surface area contributed by atoms with Crippen molar-refractivity contribution in [1.29, 1.82) is 0 Å². The van der Waals surface area contributed by atoms with Crippen LogP contribution in [0.15, 0.2) is 36.4 Å². The number of imidazole rings is 1. The molecule has 1 aromatic heterocycles. The van der Waals surface area contributed by atoms with Gasteiger partial charge in [0.1, 0.15) is 0 Å². The first-order valence-electron chi connectivity index (χ1n) is 5.43. The van der Waals surface area contributed by atoms with Crippen molar-refractivity contribution in [2.75, 3.05) is 0 Å². The van der Waals surface area contributed by atoms with Crippen LogP contribution in [0.2, 0.25) is 5.02 Å². The van der Waals surface area contributed by atoms with Crippen LogP contribution in [0.1, 0.15) is 0 Å². The van der Waals surface area contributed by atoms with Gasteiger partial charge in [0, 0.05) is 0 Å². The normalized spacial score (nSPS) is 11.1. The maximum absolute atomic E-state index is 13.9. The summed E-state index contributed by atoms with van der Waals surface area (Å²) in [5.74, 6) is -1.87. The van der Waals surface area contributed by atoms with Crippen molar-refractivity contribution >= 4 is 34.9 Å². The second-order valence-electron chi connectivity index (χ2n) is 3.97. The molecule has 2 nitrogen and oxygen atoms in total. The van der Waals surface area contributed by atoms with E-state index in [4.69, 9.17) is 23.8 Å². The minimum Gasteiger partial charge on any atom is -0.329 e.